The zero-order chi connectivity index (χ0) is 20.2. The van der Waals surface area contributed by atoms with Crippen molar-refractivity contribution in [2.24, 2.45) is 5.10 Å². The maximum absolute atomic E-state index is 12.4. The van der Waals surface area contributed by atoms with Gasteiger partial charge in [0.2, 0.25) is 6.79 Å². The average Bonchev–Trinajstić information content (AvgIpc) is 3.43. The number of hydrogen-bond acceptors (Lipinski definition) is 6. The Labute approximate surface area is 171 Å². The lowest BCUT2D eigenvalue weighted by Crippen LogP contribution is -2.18. The number of carbonyl (C=O) groups excluding carboxylic acids is 2. The lowest BCUT2D eigenvalue weighted by atomic mass is 10.1. The number of ether oxygens (including phenoxy) is 2. The Morgan fingerprint density at radius 1 is 0.966 bits per heavy atom. The number of nitrogens with zero attached hydrogens (tertiary/aromatic N) is 1. The van der Waals surface area contributed by atoms with E-state index in [9.17, 15) is 9.59 Å². The molecule has 0 radical (unpaired) electrons. The zero-order valence-electron chi connectivity index (χ0n) is 15.5. The summed E-state index contributed by atoms with van der Waals surface area (Å²) in [6, 6.07) is 15.8. The van der Waals surface area contributed by atoms with Crippen LogP contribution in [0.1, 0.15) is 32.5 Å². The second kappa shape index (κ2) is 8.15. The van der Waals surface area contributed by atoms with E-state index in [0.717, 1.165) is 5.56 Å². The molecular formula is C21H17N3O4S. The molecule has 146 valence electrons. The predicted octanol–water partition coefficient (Wildman–Crippen LogP) is 3.88. The fourth-order valence-corrected chi connectivity index (χ4v) is 3.31. The molecule has 0 bridgehead atoms. The van der Waals surface area contributed by atoms with Gasteiger partial charge >= 0.3 is 0 Å². The summed E-state index contributed by atoms with van der Waals surface area (Å²) in [5.74, 6) is 0.702. The van der Waals surface area contributed by atoms with Crippen LogP contribution in [0.5, 0.6) is 11.5 Å². The number of hydrazone groups is 1. The molecule has 0 spiro atoms. The summed E-state index contributed by atoms with van der Waals surface area (Å²) in [6.07, 6.45) is 0. The first-order chi connectivity index (χ1) is 14.1. The molecule has 1 aliphatic heterocycles. The van der Waals surface area contributed by atoms with Crippen molar-refractivity contribution in [3.8, 4) is 11.5 Å². The number of carbonyl (C=O) groups is 2. The van der Waals surface area contributed by atoms with Gasteiger partial charge in [-0.15, -0.1) is 11.3 Å². The number of benzene rings is 2. The highest BCUT2D eigenvalue weighted by atomic mass is 32.1. The fraction of sp³-hybridized carbons (Fsp3) is 0.0952. The topological polar surface area (TPSA) is 89.0 Å². The van der Waals surface area contributed by atoms with Crippen molar-refractivity contribution in [3.63, 3.8) is 0 Å². The predicted molar refractivity (Wildman–Crippen MR) is 111 cm³/mol. The van der Waals surface area contributed by atoms with Crippen molar-refractivity contribution >= 4 is 34.6 Å². The van der Waals surface area contributed by atoms with Gasteiger partial charge in [-0.1, -0.05) is 18.2 Å². The molecule has 8 heteroatoms. The third kappa shape index (κ3) is 4.27. The Morgan fingerprint density at radius 3 is 2.48 bits per heavy atom. The van der Waals surface area contributed by atoms with Crippen LogP contribution in [-0.4, -0.2) is 24.3 Å². The van der Waals surface area contributed by atoms with Gasteiger partial charge in [-0.2, -0.15) is 5.10 Å². The molecule has 2 aromatic carbocycles. The number of thiophene rings is 1. The number of amides is 2. The highest BCUT2D eigenvalue weighted by Crippen LogP contribution is 2.32. The Bertz CT molecular complexity index is 1080. The second-order valence-corrected chi connectivity index (χ2v) is 7.16. The maximum atomic E-state index is 12.4. The van der Waals surface area contributed by atoms with E-state index in [4.69, 9.17) is 9.47 Å². The third-order valence-corrected chi connectivity index (χ3v) is 5.13. The molecule has 4 rings (SSSR count). The first kappa shape index (κ1) is 18.7. The molecule has 29 heavy (non-hydrogen) atoms. The van der Waals surface area contributed by atoms with Gasteiger partial charge in [0.05, 0.1) is 10.6 Å². The zero-order valence-corrected chi connectivity index (χ0v) is 16.3. The number of nitrogens with one attached hydrogen (secondary N) is 2. The van der Waals surface area contributed by atoms with E-state index >= 15 is 0 Å². The molecule has 1 aromatic heterocycles. The Balaban J connectivity index is 1.39. The van der Waals surface area contributed by atoms with Crippen LogP contribution in [0.2, 0.25) is 0 Å². The van der Waals surface area contributed by atoms with E-state index < -0.39 is 0 Å². The molecule has 0 unspecified atom stereocenters. The second-order valence-electron chi connectivity index (χ2n) is 6.21. The minimum atomic E-state index is -0.246. The van der Waals surface area contributed by atoms with E-state index in [-0.39, 0.29) is 18.6 Å². The molecule has 0 aliphatic carbocycles. The highest BCUT2D eigenvalue weighted by Gasteiger charge is 2.16. The summed E-state index contributed by atoms with van der Waals surface area (Å²) in [4.78, 5) is 25.0. The quantitative estimate of drug-likeness (QED) is 0.496. The van der Waals surface area contributed by atoms with Crippen molar-refractivity contribution in [2.75, 3.05) is 12.1 Å². The van der Waals surface area contributed by atoms with Gasteiger partial charge in [0, 0.05) is 11.3 Å². The van der Waals surface area contributed by atoms with Crippen molar-refractivity contribution in [3.05, 3.63) is 76.0 Å². The molecule has 0 saturated heterocycles. The number of hydrogen-bond donors (Lipinski definition) is 2. The van der Waals surface area contributed by atoms with Crippen LogP contribution in [0.25, 0.3) is 0 Å². The van der Waals surface area contributed by atoms with E-state index in [1.165, 1.54) is 11.3 Å². The van der Waals surface area contributed by atoms with Crippen molar-refractivity contribution in [2.45, 2.75) is 6.92 Å². The Kier molecular flexibility index (Phi) is 5.26. The smallest absolute Gasteiger partial charge is 0.281 e. The van der Waals surface area contributed by atoms with Crippen molar-refractivity contribution in [1.82, 2.24) is 5.43 Å². The fourth-order valence-electron chi connectivity index (χ4n) is 2.70. The summed E-state index contributed by atoms with van der Waals surface area (Å²) in [5, 5.41) is 8.81. The first-order valence-corrected chi connectivity index (χ1v) is 9.68. The van der Waals surface area contributed by atoms with Crippen molar-refractivity contribution in [1.29, 1.82) is 0 Å². The molecule has 0 saturated carbocycles. The minimum Gasteiger partial charge on any atom is -0.454 e. The summed E-state index contributed by atoms with van der Waals surface area (Å²) >= 11 is 1.35. The van der Waals surface area contributed by atoms with Gasteiger partial charge in [0.1, 0.15) is 0 Å². The van der Waals surface area contributed by atoms with E-state index in [1.54, 1.807) is 43.3 Å². The first-order valence-electron chi connectivity index (χ1n) is 8.80. The molecule has 0 fully saturated rings. The van der Waals surface area contributed by atoms with Crippen LogP contribution >= 0.6 is 11.3 Å². The SMILES string of the molecule is C/C(=N\NC(=O)c1cccs1)c1ccc(NC(=O)c2ccc3c(c2)OCO3)cc1. The molecule has 2 amide bonds. The number of anilines is 1. The average molecular weight is 407 g/mol. The van der Waals surface area contributed by atoms with Crippen LogP contribution < -0.4 is 20.2 Å². The molecule has 2 N–H and O–H groups in total. The molecular weight excluding hydrogens is 390 g/mol. The third-order valence-electron chi connectivity index (χ3n) is 4.27. The van der Waals surface area contributed by atoms with Gasteiger partial charge in [0.25, 0.3) is 11.8 Å². The van der Waals surface area contributed by atoms with Gasteiger partial charge in [-0.25, -0.2) is 5.43 Å². The lowest BCUT2D eigenvalue weighted by molar-refractivity contribution is 0.0958. The van der Waals surface area contributed by atoms with Crippen LogP contribution in [0.15, 0.2) is 65.1 Å². The van der Waals surface area contributed by atoms with Gasteiger partial charge in [0.15, 0.2) is 11.5 Å². The summed E-state index contributed by atoms with van der Waals surface area (Å²) in [7, 11) is 0. The number of fused-ring (bicyclic) bond motifs is 1. The summed E-state index contributed by atoms with van der Waals surface area (Å²) < 4.78 is 10.6. The van der Waals surface area contributed by atoms with E-state index in [0.29, 0.717) is 33.3 Å². The molecule has 0 atom stereocenters. The van der Waals surface area contributed by atoms with Crippen LogP contribution in [0.4, 0.5) is 5.69 Å². The van der Waals surface area contributed by atoms with Gasteiger partial charge in [-0.3, -0.25) is 9.59 Å². The standard InChI is InChI=1S/C21H17N3O4S/c1-13(23-24-21(26)19-3-2-10-29-19)14-4-7-16(8-5-14)22-20(25)15-6-9-17-18(11-15)28-12-27-17/h2-11H,12H2,1H3,(H,22,25)(H,24,26)/b23-13+. The maximum Gasteiger partial charge on any atom is 0.281 e. The minimum absolute atomic E-state index is 0.163. The number of rotatable bonds is 5. The van der Waals surface area contributed by atoms with Gasteiger partial charge < -0.3 is 14.8 Å². The Hall–Kier alpha value is -3.65. The monoisotopic (exact) mass is 407 g/mol. The largest absolute Gasteiger partial charge is 0.454 e. The van der Waals surface area contributed by atoms with E-state index in [1.807, 2.05) is 23.6 Å². The van der Waals surface area contributed by atoms with Crippen LogP contribution in [-0.2, 0) is 0 Å². The van der Waals surface area contributed by atoms with Crippen LogP contribution in [0, 0.1) is 0 Å². The summed E-state index contributed by atoms with van der Waals surface area (Å²) in [6.45, 7) is 1.96. The van der Waals surface area contributed by atoms with Crippen LogP contribution in [0.3, 0.4) is 0 Å². The lowest BCUT2D eigenvalue weighted by Gasteiger charge is -2.07. The van der Waals surface area contributed by atoms with E-state index in [2.05, 4.69) is 15.8 Å². The molecule has 1 aliphatic rings. The normalized spacial score (nSPS) is 12.5. The molecule has 3 aromatic rings. The van der Waals surface area contributed by atoms with Crippen molar-refractivity contribution < 1.29 is 19.1 Å². The summed E-state index contributed by atoms with van der Waals surface area (Å²) in [5.41, 5.74) is 5.15. The molecule has 2 heterocycles. The Morgan fingerprint density at radius 2 is 1.72 bits per heavy atom. The highest BCUT2D eigenvalue weighted by molar-refractivity contribution is 7.12. The molecule has 7 nitrogen and oxygen atoms in total. The van der Waals surface area contributed by atoms with Gasteiger partial charge in [-0.05, 0) is 54.3 Å².